The molecule has 0 bridgehead atoms. The van der Waals surface area contributed by atoms with Gasteiger partial charge in [-0.3, -0.25) is 0 Å². The van der Waals surface area contributed by atoms with Crippen LogP contribution in [-0.2, 0) is 19.3 Å². The lowest BCUT2D eigenvalue weighted by molar-refractivity contribution is 0.584. The Balaban J connectivity index is 2.45. The maximum Gasteiger partial charge on any atom is 0.132 e. The van der Waals surface area contributed by atoms with E-state index >= 15 is 0 Å². The van der Waals surface area contributed by atoms with E-state index in [0.717, 1.165) is 36.7 Å². The summed E-state index contributed by atoms with van der Waals surface area (Å²) in [6.07, 6.45) is 21.3. The molecule has 0 saturated carbocycles. The van der Waals surface area contributed by atoms with Crippen molar-refractivity contribution in [2.24, 2.45) is 0 Å². The minimum Gasteiger partial charge on any atom is -0.218 e. The van der Waals surface area contributed by atoms with Crippen molar-refractivity contribution in [2.45, 2.75) is 130 Å². The van der Waals surface area contributed by atoms with Gasteiger partial charge in [-0.2, -0.15) is 0 Å². The average Bonchev–Trinajstić information content (AvgIpc) is 2.65. The monoisotopic (exact) mass is 361 g/mol. The van der Waals surface area contributed by atoms with Crippen LogP contribution in [0.15, 0.2) is 0 Å². The molecule has 0 spiro atoms. The predicted octanol–water partition coefficient (Wildman–Crippen LogP) is 7.02. The number of hydrogen-bond donors (Lipinski definition) is 0. The van der Waals surface area contributed by atoms with E-state index in [4.69, 9.17) is 15.0 Å². The highest BCUT2D eigenvalue weighted by molar-refractivity contribution is 4.98. The molecule has 1 aromatic rings. The Labute approximate surface area is 162 Å². The van der Waals surface area contributed by atoms with Crippen molar-refractivity contribution < 1.29 is 0 Å². The summed E-state index contributed by atoms with van der Waals surface area (Å²) >= 11 is 0. The molecule has 0 N–H and O–H groups in total. The quantitative estimate of drug-likeness (QED) is 0.280. The van der Waals surface area contributed by atoms with Crippen molar-refractivity contribution in [3.05, 3.63) is 17.5 Å². The maximum absolute atomic E-state index is 4.79. The number of aryl methyl sites for hydroxylation is 3. The smallest absolute Gasteiger partial charge is 0.132 e. The third-order valence-corrected chi connectivity index (χ3v) is 5.04. The second kappa shape index (κ2) is 16.2. The minimum absolute atomic E-state index is 1.01. The van der Waals surface area contributed by atoms with Gasteiger partial charge in [0.15, 0.2) is 0 Å². The summed E-state index contributed by atoms with van der Waals surface area (Å²) in [6.45, 7) is 6.78. The van der Waals surface area contributed by atoms with Crippen LogP contribution in [0.2, 0.25) is 0 Å². The molecule has 0 radical (unpaired) electrons. The average molecular weight is 362 g/mol. The Morgan fingerprint density at radius 3 is 1.08 bits per heavy atom. The summed E-state index contributed by atoms with van der Waals surface area (Å²) in [7, 11) is 0. The molecule has 3 heteroatoms. The van der Waals surface area contributed by atoms with Crippen LogP contribution in [0.25, 0.3) is 0 Å². The van der Waals surface area contributed by atoms with Crippen molar-refractivity contribution in [3.8, 4) is 0 Å². The van der Waals surface area contributed by atoms with Crippen LogP contribution in [0.5, 0.6) is 0 Å². The lowest BCUT2D eigenvalue weighted by Gasteiger charge is -2.08. The summed E-state index contributed by atoms with van der Waals surface area (Å²) in [5.74, 6) is 3.12. The molecule has 0 fully saturated rings. The van der Waals surface area contributed by atoms with E-state index < -0.39 is 0 Å². The predicted molar refractivity (Wildman–Crippen MR) is 113 cm³/mol. The van der Waals surface area contributed by atoms with Gasteiger partial charge in [0.1, 0.15) is 17.5 Å². The zero-order valence-electron chi connectivity index (χ0n) is 17.9. The van der Waals surface area contributed by atoms with Crippen molar-refractivity contribution in [2.75, 3.05) is 0 Å². The van der Waals surface area contributed by atoms with E-state index in [0.29, 0.717) is 0 Å². The van der Waals surface area contributed by atoms with E-state index in [-0.39, 0.29) is 0 Å². The molecule has 1 rings (SSSR count). The van der Waals surface area contributed by atoms with Crippen LogP contribution in [-0.4, -0.2) is 15.0 Å². The Morgan fingerprint density at radius 2 is 0.692 bits per heavy atom. The molecule has 0 aliphatic rings. The first kappa shape index (κ1) is 23.0. The second-order valence-electron chi connectivity index (χ2n) is 7.72. The van der Waals surface area contributed by atoms with Gasteiger partial charge < -0.3 is 0 Å². The zero-order valence-corrected chi connectivity index (χ0v) is 17.9. The Kier molecular flexibility index (Phi) is 14.4. The Hall–Kier alpha value is -0.990. The number of aromatic nitrogens is 3. The van der Waals surface area contributed by atoms with E-state index in [1.165, 1.54) is 89.9 Å². The fourth-order valence-corrected chi connectivity index (χ4v) is 3.32. The van der Waals surface area contributed by atoms with Crippen LogP contribution in [0.1, 0.15) is 128 Å². The molecule has 150 valence electrons. The first-order chi connectivity index (χ1) is 12.8. The van der Waals surface area contributed by atoms with Crippen LogP contribution >= 0.6 is 0 Å². The number of rotatable bonds is 17. The molecule has 0 aliphatic carbocycles. The standard InChI is InChI=1S/C23H43N3/c1-4-7-10-12-14-16-19-22-24-21(18-9-6-3)25-23(26-22)20-17-15-13-11-8-5-2/h4-20H2,1-3H3. The molecule has 0 saturated heterocycles. The summed E-state index contributed by atoms with van der Waals surface area (Å²) in [4.78, 5) is 14.3. The molecule has 0 aromatic carbocycles. The minimum atomic E-state index is 1.01. The number of nitrogens with zero attached hydrogens (tertiary/aromatic N) is 3. The summed E-state index contributed by atoms with van der Waals surface area (Å²) in [6, 6.07) is 0. The summed E-state index contributed by atoms with van der Waals surface area (Å²) < 4.78 is 0. The molecule has 0 aliphatic heterocycles. The van der Waals surface area contributed by atoms with E-state index in [1.807, 2.05) is 0 Å². The van der Waals surface area contributed by atoms with Gasteiger partial charge in [-0.1, -0.05) is 91.4 Å². The van der Waals surface area contributed by atoms with Crippen molar-refractivity contribution in [1.82, 2.24) is 15.0 Å². The molecule has 0 unspecified atom stereocenters. The lowest BCUT2D eigenvalue weighted by Crippen LogP contribution is -2.08. The molecular formula is C23H43N3. The third kappa shape index (κ3) is 11.6. The van der Waals surface area contributed by atoms with Crippen LogP contribution in [0, 0.1) is 0 Å². The van der Waals surface area contributed by atoms with E-state index in [1.54, 1.807) is 0 Å². The normalized spacial score (nSPS) is 11.2. The van der Waals surface area contributed by atoms with Crippen LogP contribution in [0.3, 0.4) is 0 Å². The van der Waals surface area contributed by atoms with E-state index in [9.17, 15) is 0 Å². The van der Waals surface area contributed by atoms with Gasteiger partial charge in [0, 0.05) is 19.3 Å². The second-order valence-corrected chi connectivity index (χ2v) is 7.72. The Morgan fingerprint density at radius 1 is 0.385 bits per heavy atom. The number of unbranched alkanes of at least 4 members (excludes halogenated alkanes) is 11. The molecule has 1 heterocycles. The molecule has 1 aromatic heterocycles. The van der Waals surface area contributed by atoms with Gasteiger partial charge >= 0.3 is 0 Å². The molecule has 3 nitrogen and oxygen atoms in total. The third-order valence-electron chi connectivity index (χ3n) is 5.04. The van der Waals surface area contributed by atoms with Crippen molar-refractivity contribution >= 4 is 0 Å². The SMILES string of the molecule is CCCCCCCCc1nc(CCCC)nc(CCCCCCCC)n1. The highest BCUT2D eigenvalue weighted by Crippen LogP contribution is 2.11. The largest absolute Gasteiger partial charge is 0.218 e. The van der Waals surface area contributed by atoms with Gasteiger partial charge in [0.25, 0.3) is 0 Å². The number of hydrogen-bond acceptors (Lipinski definition) is 3. The van der Waals surface area contributed by atoms with Crippen LogP contribution < -0.4 is 0 Å². The zero-order chi connectivity index (χ0) is 18.9. The first-order valence-corrected chi connectivity index (χ1v) is 11.5. The van der Waals surface area contributed by atoms with Gasteiger partial charge in [-0.05, 0) is 19.3 Å². The summed E-state index contributed by atoms with van der Waals surface area (Å²) in [5.41, 5.74) is 0. The van der Waals surface area contributed by atoms with Gasteiger partial charge in [-0.25, -0.2) is 15.0 Å². The maximum atomic E-state index is 4.79. The molecule has 26 heavy (non-hydrogen) atoms. The molecule has 0 amide bonds. The van der Waals surface area contributed by atoms with Crippen molar-refractivity contribution in [3.63, 3.8) is 0 Å². The summed E-state index contributed by atoms with van der Waals surface area (Å²) in [5, 5.41) is 0. The molecule has 0 atom stereocenters. The Bertz CT molecular complexity index is 411. The van der Waals surface area contributed by atoms with Crippen molar-refractivity contribution in [1.29, 1.82) is 0 Å². The highest BCUT2D eigenvalue weighted by atomic mass is 15.0. The topological polar surface area (TPSA) is 38.7 Å². The fourth-order valence-electron chi connectivity index (χ4n) is 3.32. The highest BCUT2D eigenvalue weighted by Gasteiger charge is 2.07. The van der Waals surface area contributed by atoms with E-state index in [2.05, 4.69) is 20.8 Å². The van der Waals surface area contributed by atoms with Gasteiger partial charge in [0.05, 0.1) is 0 Å². The lowest BCUT2D eigenvalue weighted by atomic mass is 10.1. The molecular weight excluding hydrogens is 318 g/mol. The fraction of sp³-hybridized carbons (Fsp3) is 0.870. The first-order valence-electron chi connectivity index (χ1n) is 11.5. The van der Waals surface area contributed by atoms with Gasteiger partial charge in [-0.15, -0.1) is 0 Å². The van der Waals surface area contributed by atoms with Gasteiger partial charge in [0.2, 0.25) is 0 Å². The van der Waals surface area contributed by atoms with Crippen LogP contribution in [0.4, 0.5) is 0 Å².